The summed E-state index contributed by atoms with van der Waals surface area (Å²) >= 11 is 0. The maximum Gasteiger partial charge on any atom is 0.302 e. The van der Waals surface area contributed by atoms with E-state index in [0.717, 1.165) is 35.0 Å². The van der Waals surface area contributed by atoms with Crippen LogP contribution >= 0.6 is 0 Å². The fourth-order valence-corrected chi connectivity index (χ4v) is 6.43. The number of allylic oxidation sites excluding steroid dienone is 1. The van der Waals surface area contributed by atoms with Gasteiger partial charge in [0.05, 0.1) is 11.6 Å². The number of likely N-dealkylation sites (N-methyl/N-ethyl adjacent to an activating group) is 1. The second kappa shape index (κ2) is 9.28. The van der Waals surface area contributed by atoms with Crippen molar-refractivity contribution in [1.29, 1.82) is 0 Å². The molecule has 36 heavy (non-hydrogen) atoms. The molecule has 1 aliphatic heterocycles. The Kier molecular flexibility index (Phi) is 6.78. The monoisotopic (exact) mass is 493 g/mol. The van der Waals surface area contributed by atoms with Gasteiger partial charge in [0.25, 0.3) is 0 Å². The van der Waals surface area contributed by atoms with E-state index < -0.39 is 0 Å². The van der Waals surface area contributed by atoms with Crippen molar-refractivity contribution in [3.8, 4) is 0 Å². The molecule has 1 aliphatic carbocycles. The predicted molar refractivity (Wildman–Crippen MR) is 147 cm³/mol. The van der Waals surface area contributed by atoms with E-state index in [1.807, 2.05) is 7.05 Å². The molecule has 0 spiro atoms. The zero-order valence-electron chi connectivity index (χ0n) is 23.2. The average Bonchev–Trinajstić information content (AvgIpc) is 3.23. The molecule has 2 N–H and O–H groups in total. The largest absolute Gasteiger partial charge is 0.464 e. The molecule has 4 rings (SSSR count). The number of carbonyl (C=O) groups excluding carboxylic acids is 2. The fraction of sp³-hybridized carbons (Fsp3) is 0.600. The summed E-state index contributed by atoms with van der Waals surface area (Å²) in [6.45, 7) is 19.3. The van der Waals surface area contributed by atoms with Crippen LogP contribution in [0.3, 0.4) is 0 Å². The van der Waals surface area contributed by atoms with E-state index in [-0.39, 0.29) is 47.3 Å². The molecule has 6 nitrogen and oxygen atoms in total. The lowest BCUT2D eigenvalue weighted by Gasteiger charge is -2.47. The molecule has 2 heterocycles. The Balaban J connectivity index is 2.04. The van der Waals surface area contributed by atoms with Gasteiger partial charge in [0, 0.05) is 36.7 Å². The third-order valence-electron chi connectivity index (χ3n) is 9.09. The van der Waals surface area contributed by atoms with Gasteiger partial charge >= 0.3 is 5.97 Å². The van der Waals surface area contributed by atoms with Gasteiger partial charge in [-0.3, -0.25) is 9.59 Å². The summed E-state index contributed by atoms with van der Waals surface area (Å²) < 4.78 is 5.35. The third kappa shape index (κ3) is 4.12. The molecule has 0 unspecified atom stereocenters. The summed E-state index contributed by atoms with van der Waals surface area (Å²) in [5.74, 6) is 0.173. The van der Waals surface area contributed by atoms with Gasteiger partial charge in [-0.2, -0.15) is 0 Å². The van der Waals surface area contributed by atoms with Crippen LogP contribution in [-0.2, 0) is 31.6 Å². The molecular formula is C30H43N3O3. The molecule has 4 atom stereocenters. The van der Waals surface area contributed by atoms with E-state index in [1.54, 1.807) is 0 Å². The van der Waals surface area contributed by atoms with Crippen molar-refractivity contribution in [3.05, 3.63) is 41.6 Å². The summed E-state index contributed by atoms with van der Waals surface area (Å²) in [5, 5.41) is 4.35. The Morgan fingerprint density at radius 1 is 1.28 bits per heavy atom. The van der Waals surface area contributed by atoms with Crippen LogP contribution in [0.25, 0.3) is 10.9 Å². The van der Waals surface area contributed by atoms with E-state index in [2.05, 4.69) is 81.7 Å². The number of amides is 1. The highest BCUT2D eigenvalue weighted by Gasteiger charge is 2.45. The first-order valence-electron chi connectivity index (χ1n) is 13.3. The van der Waals surface area contributed by atoms with Crippen LogP contribution in [0, 0.1) is 11.8 Å². The summed E-state index contributed by atoms with van der Waals surface area (Å²) in [5.41, 5.74) is 5.90. The molecule has 196 valence electrons. The van der Waals surface area contributed by atoms with Crippen molar-refractivity contribution in [3.63, 3.8) is 0 Å². The Bertz CT molecular complexity index is 1200. The maximum absolute atomic E-state index is 13.6. The van der Waals surface area contributed by atoms with E-state index in [1.165, 1.54) is 18.1 Å². The van der Waals surface area contributed by atoms with Gasteiger partial charge in [-0.15, -0.1) is 6.58 Å². The Morgan fingerprint density at radius 3 is 2.56 bits per heavy atom. The van der Waals surface area contributed by atoms with Crippen molar-refractivity contribution >= 4 is 28.5 Å². The number of hydrogen-bond donors (Lipinski definition) is 2. The number of nitrogens with zero attached hydrogens (tertiary/aromatic N) is 1. The number of H-pyrrole nitrogens is 1. The number of nitrogens with one attached hydrogen (secondary N) is 2. The first-order valence-corrected chi connectivity index (χ1v) is 13.3. The fourth-order valence-electron chi connectivity index (χ4n) is 6.43. The first kappa shape index (κ1) is 26.3. The van der Waals surface area contributed by atoms with Crippen LogP contribution in [0.5, 0.6) is 0 Å². The molecule has 2 aromatic rings. The molecule has 1 aromatic carbocycles. The van der Waals surface area contributed by atoms with Crippen molar-refractivity contribution in [1.82, 2.24) is 10.3 Å². The maximum atomic E-state index is 13.6. The quantitative estimate of drug-likeness (QED) is 0.433. The highest BCUT2D eigenvalue weighted by molar-refractivity contribution is 6.01. The minimum Gasteiger partial charge on any atom is -0.464 e. The predicted octanol–water partition coefficient (Wildman–Crippen LogP) is 5.38. The summed E-state index contributed by atoms with van der Waals surface area (Å²) in [6, 6.07) is 1.71. The van der Waals surface area contributed by atoms with Gasteiger partial charge in [0.15, 0.2) is 0 Å². The minimum absolute atomic E-state index is 0.0144. The van der Waals surface area contributed by atoms with E-state index in [4.69, 9.17) is 4.74 Å². The molecule has 1 aromatic heterocycles. The summed E-state index contributed by atoms with van der Waals surface area (Å²) in [4.78, 5) is 31.0. The number of ether oxygens (including phenoxy) is 1. The number of fused-ring (bicyclic) bond motifs is 2. The summed E-state index contributed by atoms with van der Waals surface area (Å²) in [6.07, 6.45) is 6.89. The summed E-state index contributed by atoms with van der Waals surface area (Å²) in [7, 11) is 2.04. The van der Waals surface area contributed by atoms with Gasteiger partial charge < -0.3 is 19.9 Å². The van der Waals surface area contributed by atoms with Gasteiger partial charge in [-0.25, -0.2) is 0 Å². The number of anilines is 1. The average molecular weight is 494 g/mol. The molecule has 2 aliphatic rings. The van der Waals surface area contributed by atoms with Gasteiger partial charge in [-0.05, 0) is 59.3 Å². The lowest BCUT2D eigenvalue weighted by molar-refractivity contribution is -0.142. The molecule has 1 amide bonds. The number of carbonyl (C=O) groups is 2. The smallest absolute Gasteiger partial charge is 0.302 e. The Labute approximate surface area is 215 Å². The second-order valence-corrected chi connectivity index (χ2v) is 12.1. The molecule has 0 saturated carbocycles. The SMILES string of the molecule is C=C[C@@]1(C)CC[C@](C)(C(C)C)c2cc3c4c(c[nH]c4c21)C[C@@H](COC(C)=O)NC(=O)[C@H](C(C)C)N3C. The van der Waals surface area contributed by atoms with Crippen LogP contribution in [-0.4, -0.2) is 42.6 Å². The first-order chi connectivity index (χ1) is 16.8. The number of rotatable bonds is 5. The van der Waals surface area contributed by atoms with Crippen LogP contribution in [0.1, 0.15) is 78.0 Å². The molecule has 0 radical (unpaired) electrons. The van der Waals surface area contributed by atoms with E-state index in [0.29, 0.717) is 12.3 Å². The van der Waals surface area contributed by atoms with Crippen molar-refractivity contribution in [2.45, 2.75) is 90.6 Å². The van der Waals surface area contributed by atoms with E-state index >= 15 is 0 Å². The molecule has 0 saturated heterocycles. The number of aromatic amines is 1. The molecular weight excluding hydrogens is 450 g/mol. The lowest BCUT2D eigenvalue weighted by atomic mass is 9.57. The third-order valence-corrected chi connectivity index (χ3v) is 9.09. The molecule has 0 fully saturated rings. The molecule has 0 bridgehead atoms. The number of esters is 1. The Morgan fingerprint density at radius 2 is 1.97 bits per heavy atom. The van der Waals surface area contributed by atoms with Crippen LogP contribution in [0.4, 0.5) is 5.69 Å². The second-order valence-electron chi connectivity index (χ2n) is 12.1. The number of benzene rings is 1. The minimum atomic E-state index is -0.355. The van der Waals surface area contributed by atoms with Gasteiger partial charge in [0.1, 0.15) is 12.6 Å². The van der Waals surface area contributed by atoms with Crippen molar-refractivity contribution in [2.75, 3.05) is 18.6 Å². The number of aromatic nitrogens is 1. The highest BCUT2D eigenvalue weighted by atomic mass is 16.5. The normalized spacial score (nSPS) is 28.4. The Hall–Kier alpha value is -2.76. The van der Waals surface area contributed by atoms with Crippen LogP contribution < -0.4 is 10.2 Å². The van der Waals surface area contributed by atoms with Crippen molar-refractivity contribution in [2.24, 2.45) is 11.8 Å². The number of hydrogen-bond acceptors (Lipinski definition) is 4. The highest BCUT2D eigenvalue weighted by Crippen LogP contribution is 2.54. The zero-order chi connectivity index (χ0) is 26.6. The topological polar surface area (TPSA) is 74.4 Å². The van der Waals surface area contributed by atoms with Crippen LogP contribution in [0.15, 0.2) is 24.9 Å². The van der Waals surface area contributed by atoms with Gasteiger partial charge in [0.2, 0.25) is 5.91 Å². The molecule has 6 heteroatoms. The van der Waals surface area contributed by atoms with Crippen LogP contribution in [0.2, 0.25) is 0 Å². The van der Waals surface area contributed by atoms with Crippen molar-refractivity contribution < 1.29 is 14.3 Å². The van der Waals surface area contributed by atoms with Gasteiger partial charge in [-0.1, -0.05) is 47.6 Å². The lowest BCUT2D eigenvalue weighted by Crippen LogP contribution is -2.52. The zero-order valence-corrected chi connectivity index (χ0v) is 23.2. The van der Waals surface area contributed by atoms with E-state index in [9.17, 15) is 9.59 Å². The standard InChI is InChI=1S/C30H43N3O3/c1-10-29(7)11-12-30(8,18(4)5)22-14-23-24-20(15-31-26(24)25(22)29)13-21(16-36-19(6)34)32-28(35)27(17(2)3)33(23)9/h10,14-15,17-18,21,27,31H,1,11-13,16H2,2-9H3,(H,32,35)/t21-,27-,29-,30+/m0/s1.